The number of ether oxygens (including phenoxy) is 1. The van der Waals surface area contributed by atoms with Crippen LogP contribution in [0.2, 0.25) is 0 Å². The SMILES string of the molecule is CCCCOC(=O)c1ccc(N2C(S)N(c3ccc(C#N)c(C(F)(F)F)c3)C(=O)C2(C)C)cc1F. The van der Waals surface area contributed by atoms with Crippen LogP contribution in [0.3, 0.4) is 0 Å². The molecular formula is C24H23F4N3O3S. The lowest BCUT2D eigenvalue weighted by atomic mass is 10.0. The van der Waals surface area contributed by atoms with Crippen LogP contribution in [0.5, 0.6) is 0 Å². The second kappa shape index (κ2) is 9.77. The Morgan fingerprint density at radius 1 is 1.20 bits per heavy atom. The highest BCUT2D eigenvalue weighted by Crippen LogP contribution is 2.42. The lowest BCUT2D eigenvalue weighted by Crippen LogP contribution is -2.45. The summed E-state index contributed by atoms with van der Waals surface area (Å²) < 4.78 is 60.3. The van der Waals surface area contributed by atoms with Crippen molar-refractivity contribution in [2.45, 2.75) is 50.8 Å². The molecule has 0 aliphatic carbocycles. The molecule has 35 heavy (non-hydrogen) atoms. The third-order valence-corrected chi connectivity index (χ3v) is 6.16. The standard InChI is InChI=1S/C24H23F4N3O3S/c1-4-5-10-34-20(32)17-9-8-16(12-19(17)25)31-22(35)30(21(33)23(31,2)3)15-7-6-14(13-29)18(11-15)24(26,27)28/h6-9,11-12,22,35H,4-5,10H2,1-3H3. The molecule has 3 rings (SSSR count). The van der Waals surface area contributed by atoms with E-state index in [-0.39, 0.29) is 23.5 Å². The topological polar surface area (TPSA) is 73.6 Å². The predicted molar refractivity (Wildman–Crippen MR) is 125 cm³/mol. The van der Waals surface area contributed by atoms with Crippen molar-refractivity contribution in [2.75, 3.05) is 16.4 Å². The van der Waals surface area contributed by atoms with Crippen LogP contribution in [0.25, 0.3) is 0 Å². The van der Waals surface area contributed by atoms with E-state index in [1.807, 2.05) is 6.92 Å². The maximum absolute atomic E-state index is 14.8. The molecule has 0 bridgehead atoms. The summed E-state index contributed by atoms with van der Waals surface area (Å²) in [5.41, 5.74) is -4.39. The highest BCUT2D eigenvalue weighted by molar-refractivity contribution is 7.81. The minimum atomic E-state index is -4.81. The fourth-order valence-electron chi connectivity index (χ4n) is 3.83. The Bertz CT molecular complexity index is 1190. The first-order valence-corrected chi connectivity index (χ1v) is 11.2. The van der Waals surface area contributed by atoms with Crippen molar-refractivity contribution in [1.82, 2.24) is 0 Å². The molecule has 1 fully saturated rings. The van der Waals surface area contributed by atoms with E-state index in [1.54, 1.807) is 0 Å². The zero-order valence-electron chi connectivity index (χ0n) is 19.2. The minimum Gasteiger partial charge on any atom is -0.462 e. The third kappa shape index (κ3) is 4.93. The summed E-state index contributed by atoms with van der Waals surface area (Å²) >= 11 is 4.46. The Labute approximate surface area is 205 Å². The number of unbranched alkanes of at least 4 members (excludes halogenated alkanes) is 1. The van der Waals surface area contributed by atoms with Crippen molar-refractivity contribution in [3.8, 4) is 6.07 Å². The van der Waals surface area contributed by atoms with E-state index in [2.05, 4.69) is 12.6 Å². The van der Waals surface area contributed by atoms with Gasteiger partial charge < -0.3 is 9.64 Å². The molecule has 1 amide bonds. The van der Waals surface area contributed by atoms with Crippen LogP contribution < -0.4 is 9.80 Å². The number of rotatable bonds is 6. The molecule has 0 aromatic heterocycles. The van der Waals surface area contributed by atoms with E-state index in [0.717, 1.165) is 29.5 Å². The summed E-state index contributed by atoms with van der Waals surface area (Å²) in [5, 5.41) is 9.04. The number of benzene rings is 2. The van der Waals surface area contributed by atoms with Crippen molar-refractivity contribution >= 4 is 35.9 Å². The minimum absolute atomic E-state index is 0.117. The van der Waals surface area contributed by atoms with Gasteiger partial charge in [0, 0.05) is 11.4 Å². The number of thiol groups is 1. The number of carbonyl (C=O) groups excluding carboxylic acids is 2. The fraction of sp³-hybridized carbons (Fsp3) is 0.375. The van der Waals surface area contributed by atoms with Crippen LogP contribution in [0, 0.1) is 17.1 Å². The quantitative estimate of drug-likeness (QED) is 0.240. The Kier molecular flexibility index (Phi) is 7.36. The number of nitrogens with zero attached hydrogens (tertiary/aromatic N) is 3. The summed E-state index contributed by atoms with van der Waals surface area (Å²) in [7, 11) is 0. The molecule has 0 radical (unpaired) electrons. The highest BCUT2D eigenvalue weighted by atomic mass is 32.1. The molecule has 0 N–H and O–H groups in total. The number of amides is 1. The first kappa shape index (κ1) is 26.3. The van der Waals surface area contributed by atoms with Crippen LogP contribution >= 0.6 is 12.6 Å². The summed E-state index contributed by atoms with van der Waals surface area (Å²) in [5.74, 6) is -2.27. The van der Waals surface area contributed by atoms with E-state index < -0.39 is 46.0 Å². The van der Waals surface area contributed by atoms with E-state index in [4.69, 9.17) is 10.00 Å². The summed E-state index contributed by atoms with van der Waals surface area (Å²) in [6, 6.07) is 8.13. The summed E-state index contributed by atoms with van der Waals surface area (Å²) in [4.78, 5) is 27.9. The first-order chi connectivity index (χ1) is 16.3. The van der Waals surface area contributed by atoms with Gasteiger partial charge >= 0.3 is 12.1 Å². The molecule has 1 unspecified atom stereocenters. The molecule has 186 valence electrons. The predicted octanol–water partition coefficient (Wildman–Crippen LogP) is 5.52. The van der Waals surface area contributed by atoms with Gasteiger partial charge in [-0.05, 0) is 56.7 Å². The van der Waals surface area contributed by atoms with Gasteiger partial charge in [-0.2, -0.15) is 18.4 Å². The third-order valence-electron chi connectivity index (χ3n) is 5.70. The molecule has 1 heterocycles. The molecule has 1 atom stereocenters. The number of nitriles is 1. The monoisotopic (exact) mass is 509 g/mol. The average molecular weight is 510 g/mol. The van der Waals surface area contributed by atoms with E-state index in [9.17, 15) is 27.2 Å². The molecule has 0 saturated carbocycles. The van der Waals surface area contributed by atoms with Gasteiger partial charge in [0.2, 0.25) is 0 Å². The van der Waals surface area contributed by atoms with Gasteiger partial charge in [0.1, 0.15) is 11.4 Å². The Morgan fingerprint density at radius 3 is 2.43 bits per heavy atom. The Hall–Kier alpha value is -3.26. The van der Waals surface area contributed by atoms with Gasteiger partial charge in [-0.1, -0.05) is 13.3 Å². The molecule has 0 spiro atoms. The van der Waals surface area contributed by atoms with Crippen LogP contribution in [-0.4, -0.2) is 29.5 Å². The summed E-state index contributed by atoms with van der Waals surface area (Å²) in [6.45, 7) is 5.12. The van der Waals surface area contributed by atoms with Crippen molar-refractivity contribution in [3.05, 3.63) is 58.9 Å². The molecule has 1 aliphatic rings. The van der Waals surface area contributed by atoms with Gasteiger partial charge in [0.25, 0.3) is 5.91 Å². The Morgan fingerprint density at radius 2 is 1.86 bits per heavy atom. The molecule has 11 heteroatoms. The van der Waals surface area contributed by atoms with Gasteiger partial charge in [-0.15, -0.1) is 12.6 Å². The van der Waals surface area contributed by atoms with Crippen molar-refractivity contribution in [1.29, 1.82) is 5.26 Å². The zero-order chi connectivity index (χ0) is 26.1. The van der Waals surface area contributed by atoms with Gasteiger partial charge in [-0.25, -0.2) is 9.18 Å². The maximum atomic E-state index is 14.8. The number of esters is 1. The van der Waals surface area contributed by atoms with Crippen LogP contribution in [0.4, 0.5) is 28.9 Å². The maximum Gasteiger partial charge on any atom is 0.417 e. The number of halogens is 4. The number of anilines is 2. The van der Waals surface area contributed by atoms with Crippen LogP contribution in [-0.2, 0) is 15.7 Å². The molecular weight excluding hydrogens is 486 g/mol. The molecule has 2 aromatic carbocycles. The second-order valence-corrected chi connectivity index (χ2v) is 8.91. The van der Waals surface area contributed by atoms with Gasteiger partial charge in [-0.3, -0.25) is 9.69 Å². The molecule has 1 saturated heterocycles. The fourth-order valence-corrected chi connectivity index (χ4v) is 4.49. The van der Waals surface area contributed by atoms with Crippen molar-refractivity contribution in [3.63, 3.8) is 0 Å². The first-order valence-electron chi connectivity index (χ1n) is 10.7. The average Bonchev–Trinajstić information content (AvgIpc) is 2.96. The van der Waals surface area contributed by atoms with Crippen molar-refractivity contribution in [2.24, 2.45) is 0 Å². The number of hydrogen-bond acceptors (Lipinski definition) is 6. The lowest BCUT2D eigenvalue weighted by Gasteiger charge is -2.33. The van der Waals surface area contributed by atoms with Crippen LogP contribution in [0.15, 0.2) is 36.4 Å². The second-order valence-electron chi connectivity index (χ2n) is 8.44. The number of alkyl halides is 3. The van der Waals surface area contributed by atoms with Gasteiger partial charge in [0.15, 0.2) is 5.50 Å². The number of carbonyl (C=O) groups is 2. The zero-order valence-corrected chi connectivity index (χ0v) is 20.1. The van der Waals surface area contributed by atoms with Crippen LogP contribution in [0.1, 0.15) is 55.1 Å². The van der Waals surface area contributed by atoms with Crippen molar-refractivity contribution < 1.29 is 31.9 Å². The lowest BCUT2D eigenvalue weighted by molar-refractivity contribution is -0.137. The van der Waals surface area contributed by atoms with E-state index in [0.29, 0.717) is 6.42 Å². The number of hydrogen-bond donors (Lipinski definition) is 1. The van der Waals surface area contributed by atoms with Gasteiger partial charge in [0.05, 0.1) is 29.4 Å². The summed E-state index contributed by atoms with van der Waals surface area (Å²) in [6.07, 6.45) is -3.37. The highest BCUT2D eigenvalue weighted by Gasteiger charge is 2.51. The largest absolute Gasteiger partial charge is 0.462 e. The molecule has 1 aliphatic heterocycles. The van der Waals surface area contributed by atoms with E-state index in [1.165, 1.54) is 43.0 Å². The Balaban J connectivity index is 1.98. The molecule has 6 nitrogen and oxygen atoms in total. The molecule has 2 aromatic rings. The smallest absolute Gasteiger partial charge is 0.417 e. The normalized spacial score (nSPS) is 17.5. The van der Waals surface area contributed by atoms with E-state index >= 15 is 0 Å².